The molecular weight excluding hydrogens is 196 g/mol. The Morgan fingerprint density at radius 2 is 2.06 bits per heavy atom. The van der Waals surface area contributed by atoms with E-state index in [0.717, 1.165) is 6.04 Å². The Morgan fingerprint density at radius 3 is 2.88 bits per heavy atom. The van der Waals surface area contributed by atoms with Crippen molar-refractivity contribution in [3.8, 4) is 0 Å². The summed E-state index contributed by atoms with van der Waals surface area (Å²) in [5.41, 5.74) is 4.15. The summed E-state index contributed by atoms with van der Waals surface area (Å²) < 4.78 is 0. The van der Waals surface area contributed by atoms with E-state index in [2.05, 4.69) is 46.8 Å². The Labute approximate surface area is 94.4 Å². The maximum atomic E-state index is 3.53. The molecule has 0 spiro atoms. The first-order valence-electron chi connectivity index (χ1n) is 5.93. The highest BCUT2D eigenvalue weighted by Crippen LogP contribution is 2.36. The van der Waals surface area contributed by atoms with Crippen molar-refractivity contribution in [1.82, 2.24) is 10.3 Å². The molecule has 0 radical (unpaired) electrons. The molecule has 0 amide bonds. The third kappa shape index (κ3) is 1.11. The highest BCUT2D eigenvalue weighted by Gasteiger charge is 2.32. The van der Waals surface area contributed by atoms with Gasteiger partial charge in [0.1, 0.15) is 0 Å². The summed E-state index contributed by atoms with van der Waals surface area (Å²) >= 11 is 0. The Hall–Kier alpha value is -1.54. The van der Waals surface area contributed by atoms with Crippen LogP contribution in [-0.2, 0) is 0 Å². The van der Waals surface area contributed by atoms with Gasteiger partial charge in [-0.05, 0) is 24.5 Å². The van der Waals surface area contributed by atoms with Gasteiger partial charge < -0.3 is 10.3 Å². The molecule has 2 N–H and O–H groups in total. The number of hydrogen-bond acceptors (Lipinski definition) is 1. The van der Waals surface area contributed by atoms with Crippen LogP contribution in [0.3, 0.4) is 0 Å². The van der Waals surface area contributed by atoms with Crippen molar-refractivity contribution < 1.29 is 0 Å². The van der Waals surface area contributed by atoms with Gasteiger partial charge >= 0.3 is 0 Å². The summed E-state index contributed by atoms with van der Waals surface area (Å²) in [6.07, 6.45) is 7.06. The molecule has 16 heavy (non-hydrogen) atoms. The topological polar surface area (TPSA) is 27.8 Å². The number of fused-ring (bicyclic) bond motifs is 2. The maximum Gasteiger partial charge on any atom is 0.0460 e. The van der Waals surface area contributed by atoms with Crippen molar-refractivity contribution >= 4 is 16.5 Å². The van der Waals surface area contributed by atoms with Gasteiger partial charge in [0.15, 0.2) is 0 Å². The van der Waals surface area contributed by atoms with Crippen LogP contribution in [0.15, 0.2) is 36.5 Å². The molecule has 1 fully saturated rings. The first-order valence-corrected chi connectivity index (χ1v) is 5.93. The fourth-order valence-electron chi connectivity index (χ4n) is 2.96. The van der Waals surface area contributed by atoms with Crippen LogP contribution in [0, 0.1) is 0 Å². The summed E-state index contributed by atoms with van der Waals surface area (Å²) in [7, 11) is 0. The molecule has 80 valence electrons. The van der Waals surface area contributed by atoms with E-state index < -0.39 is 0 Å². The summed E-state index contributed by atoms with van der Waals surface area (Å²) in [5.74, 6) is 0. The highest BCUT2D eigenvalue weighted by molar-refractivity contribution is 5.93. The lowest BCUT2D eigenvalue weighted by Gasteiger charge is -2.41. The van der Waals surface area contributed by atoms with Crippen LogP contribution in [0.5, 0.6) is 0 Å². The molecule has 1 aliphatic carbocycles. The second-order valence-electron chi connectivity index (χ2n) is 4.85. The second-order valence-corrected chi connectivity index (χ2v) is 4.85. The predicted molar refractivity (Wildman–Crippen MR) is 66.2 cm³/mol. The van der Waals surface area contributed by atoms with Crippen molar-refractivity contribution in [2.24, 2.45) is 0 Å². The van der Waals surface area contributed by atoms with E-state index >= 15 is 0 Å². The Kier molecular flexibility index (Phi) is 1.60. The van der Waals surface area contributed by atoms with Crippen molar-refractivity contribution in [2.45, 2.75) is 24.9 Å². The molecular formula is C14H14N2. The number of aromatic nitrogens is 1. The van der Waals surface area contributed by atoms with E-state index in [0.29, 0.717) is 6.04 Å². The number of hydrogen-bond donors (Lipinski definition) is 2. The van der Waals surface area contributed by atoms with E-state index in [1.807, 2.05) is 0 Å². The molecule has 2 heteroatoms. The molecule has 2 atom stereocenters. The van der Waals surface area contributed by atoms with E-state index in [1.54, 1.807) is 0 Å². The van der Waals surface area contributed by atoms with Crippen LogP contribution in [-0.4, -0.2) is 17.1 Å². The zero-order valence-corrected chi connectivity index (χ0v) is 9.03. The van der Waals surface area contributed by atoms with Crippen LogP contribution in [0.4, 0.5) is 0 Å². The number of rotatable bonds is 1. The minimum Gasteiger partial charge on any atom is -0.361 e. The zero-order valence-electron chi connectivity index (χ0n) is 9.03. The average molecular weight is 210 g/mol. The monoisotopic (exact) mass is 210 g/mol. The summed E-state index contributed by atoms with van der Waals surface area (Å²) in [4.78, 5) is 3.35. The lowest BCUT2D eigenvalue weighted by Crippen LogP contribution is -2.53. The normalized spacial score (nSPS) is 27.6. The SMILES string of the molecule is C1=C(c2c[nH]c3ccccc23)CC2CC1N2. The van der Waals surface area contributed by atoms with E-state index in [-0.39, 0.29) is 0 Å². The molecule has 2 aliphatic heterocycles. The van der Waals surface area contributed by atoms with Crippen LogP contribution < -0.4 is 5.32 Å². The van der Waals surface area contributed by atoms with Gasteiger partial charge in [-0.3, -0.25) is 0 Å². The molecule has 1 saturated heterocycles. The van der Waals surface area contributed by atoms with Gasteiger partial charge in [-0.15, -0.1) is 0 Å². The maximum absolute atomic E-state index is 3.53. The number of H-pyrrole nitrogens is 1. The first kappa shape index (κ1) is 8.59. The molecule has 2 unspecified atom stereocenters. The first-order chi connectivity index (χ1) is 7.90. The van der Waals surface area contributed by atoms with Crippen LogP contribution >= 0.6 is 0 Å². The Morgan fingerprint density at radius 1 is 1.19 bits per heavy atom. The van der Waals surface area contributed by atoms with Gasteiger partial charge in [0, 0.05) is 34.7 Å². The minimum absolute atomic E-state index is 0.627. The fraction of sp³-hybridized carbons (Fsp3) is 0.286. The van der Waals surface area contributed by atoms with Crippen LogP contribution in [0.25, 0.3) is 16.5 Å². The zero-order chi connectivity index (χ0) is 10.5. The molecule has 2 bridgehead atoms. The molecule has 1 aromatic heterocycles. The number of aromatic amines is 1. The van der Waals surface area contributed by atoms with Gasteiger partial charge in [0.25, 0.3) is 0 Å². The largest absolute Gasteiger partial charge is 0.361 e. The van der Waals surface area contributed by atoms with E-state index in [9.17, 15) is 0 Å². The van der Waals surface area contributed by atoms with Crippen molar-refractivity contribution in [2.75, 3.05) is 0 Å². The summed E-state index contributed by atoms with van der Waals surface area (Å²) in [6.45, 7) is 0. The molecule has 1 aromatic carbocycles. The Balaban J connectivity index is 1.87. The predicted octanol–water partition coefficient (Wildman–Crippen LogP) is 2.69. The second kappa shape index (κ2) is 2.98. The quantitative estimate of drug-likeness (QED) is 0.744. The smallest absolute Gasteiger partial charge is 0.0460 e. The Bertz CT molecular complexity index is 573. The van der Waals surface area contributed by atoms with Crippen LogP contribution in [0.1, 0.15) is 18.4 Å². The summed E-state index contributed by atoms with van der Waals surface area (Å²) in [6, 6.07) is 9.89. The number of nitrogens with one attached hydrogen (secondary N) is 2. The minimum atomic E-state index is 0.627. The van der Waals surface area contributed by atoms with Gasteiger partial charge in [-0.25, -0.2) is 0 Å². The van der Waals surface area contributed by atoms with Gasteiger partial charge in [0.2, 0.25) is 0 Å². The van der Waals surface area contributed by atoms with Crippen LogP contribution in [0.2, 0.25) is 0 Å². The molecule has 0 saturated carbocycles. The van der Waals surface area contributed by atoms with E-state index in [4.69, 9.17) is 0 Å². The number of benzene rings is 1. The molecule has 2 nitrogen and oxygen atoms in total. The highest BCUT2D eigenvalue weighted by atomic mass is 15.0. The molecule has 3 heterocycles. The molecule has 2 aromatic rings. The average Bonchev–Trinajstić information content (AvgIpc) is 2.72. The lowest BCUT2D eigenvalue weighted by molar-refractivity contribution is 0.298. The van der Waals surface area contributed by atoms with Crippen molar-refractivity contribution in [3.63, 3.8) is 0 Å². The lowest BCUT2D eigenvalue weighted by atomic mass is 9.81. The van der Waals surface area contributed by atoms with Crippen molar-refractivity contribution in [1.29, 1.82) is 0 Å². The van der Waals surface area contributed by atoms with Gasteiger partial charge in [-0.1, -0.05) is 24.3 Å². The van der Waals surface area contributed by atoms with Crippen molar-refractivity contribution in [3.05, 3.63) is 42.1 Å². The summed E-state index contributed by atoms with van der Waals surface area (Å²) in [5, 5.41) is 4.89. The standard InChI is InChI=1S/C14H14N2/c1-2-4-14-12(3-1)13(8-15-14)9-5-10-7-11(6-9)16-10/h1-5,8,10-11,15-16H,6-7H2. The van der Waals surface area contributed by atoms with Gasteiger partial charge in [0.05, 0.1) is 0 Å². The van der Waals surface area contributed by atoms with E-state index in [1.165, 1.54) is 34.9 Å². The third-order valence-electron chi connectivity index (χ3n) is 3.79. The van der Waals surface area contributed by atoms with Gasteiger partial charge in [-0.2, -0.15) is 0 Å². The molecule has 3 aliphatic rings. The number of para-hydroxylation sites is 1. The molecule has 5 rings (SSSR count). The fourth-order valence-corrected chi connectivity index (χ4v) is 2.96. The third-order valence-corrected chi connectivity index (χ3v) is 3.79.